The average Bonchev–Trinajstić information content (AvgIpc) is 2.70. The van der Waals surface area contributed by atoms with Crippen molar-refractivity contribution in [1.82, 2.24) is 4.98 Å². The number of halogens is 1. The largest absolute Gasteiger partial charge is 0.476 e. The minimum Gasteiger partial charge on any atom is -0.476 e. The van der Waals surface area contributed by atoms with Crippen molar-refractivity contribution in [3.8, 4) is 0 Å². The van der Waals surface area contributed by atoms with E-state index in [4.69, 9.17) is 5.11 Å². The van der Waals surface area contributed by atoms with Gasteiger partial charge in [-0.3, -0.25) is 0 Å². The van der Waals surface area contributed by atoms with Crippen LogP contribution in [0.15, 0.2) is 16.7 Å². The minimum absolute atomic E-state index is 0.0828. The third-order valence-corrected chi connectivity index (χ3v) is 3.30. The van der Waals surface area contributed by atoms with Gasteiger partial charge in [0, 0.05) is 19.3 Å². The van der Waals surface area contributed by atoms with Gasteiger partial charge in [-0.05, 0) is 34.8 Å². The summed E-state index contributed by atoms with van der Waals surface area (Å²) in [7, 11) is 0. The van der Waals surface area contributed by atoms with E-state index in [9.17, 15) is 4.79 Å². The third-order valence-electron chi connectivity index (χ3n) is 2.52. The van der Waals surface area contributed by atoms with Crippen molar-refractivity contribution in [1.29, 1.82) is 0 Å². The summed E-state index contributed by atoms with van der Waals surface area (Å²) in [5, 5.41) is 8.92. The number of carboxylic acids is 1. The molecule has 1 aliphatic rings. The molecule has 1 N–H and O–H groups in total. The lowest BCUT2D eigenvalue weighted by atomic mass is 10.3. The van der Waals surface area contributed by atoms with Gasteiger partial charge in [0.15, 0.2) is 5.69 Å². The molecule has 0 radical (unpaired) electrons. The van der Waals surface area contributed by atoms with Crippen molar-refractivity contribution in [3.63, 3.8) is 0 Å². The molecule has 2 heterocycles. The van der Waals surface area contributed by atoms with Gasteiger partial charge in [0.25, 0.3) is 0 Å². The van der Waals surface area contributed by atoms with Crippen LogP contribution in [0.4, 0.5) is 5.69 Å². The van der Waals surface area contributed by atoms with Crippen molar-refractivity contribution < 1.29 is 9.90 Å². The van der Waals surface area contributed by atoms with Gasteiger partial charge in [0.05, 0.1) is 10.2 Å². The Hall–Kier alpha value is -1.10. The number of nitrogens with zero attached hydrogens (tertiary/aromatic N) is 2. The molecule has 0 unspecified atom stereocenters. The van der Waals surface area contributed by atoms with Crippen molar-refractivity contribution in [3.05, 3.63) is 22.4 Å². The first-order valence-electron chi connectivity index (χ1n) is 4.83. The molecule has 1 saturated heterocycles. The molecule has 0 amide bonds. The predicted molar refractivity (Wildman–Crippen MR) is 60.3 cm³/mol. The molecule has 80 valence electrons. The topological polar surface area (TPSA) is 53.4 Å². The van der Waals surface area contributed by atoms with E-state index in [1.165, 1.54) is 0 Å². The van der Waals surface area contributed by atoms with Crippen LogP contribution in [0.1, 0.15) is 23.3 Å². The van der Waals surface area contributed by atoms with Gasteiger partial charge >= 0.3 is 5.97 Å². The summed E-state index contributed by atoms with van der Waals surface area (Å²) in [5.41, 5.74) is 1.01. The molecule has 15 heavy (non-hydrogen) atoms. The van der Waals surface area contributed by atoms with Crippen LogP contribution in [0.5, 0.6) is 0 Å². The van der Waals surface area contributed by atoms with Gasteiger partial charge < -0.3 is 10.0 Å². The van der Waals surface area contributed by atoms with Crippen LogP contribution in [0, 0.1) is 0 Å². The SMILES string of the molecule is O=C(O)c1nccc(N2CCCC2)c1Br. The molecule has 0 spiro atoms. The highest BCUT2D eigenvalue weighted by Gasteiger charge is 2.19. The van der Waals surface area contributed by atoms with Gasteiger partial charge in [-0.2, -0.15) is 0 Å². The maximum absolute atomic E-state index is 10.9. The summed E-state index contributed by atoms with van der Waals surface area (Å²) < 4.78 is 0.583. The highest BCUT2D eigenvalue weighted by molar-refractivity contribution is 9.10. The Morgan fingerprint density at radius 1 is 1.47 bits per heavy atom. The fraction of sp³-hybridized carbons (Fsp3) is 0.400. The van der Waals surface area contributed by atoms with Crippen LogP contribution in [0.2, 0.25) is 0 Å². The Morgan fingerprint density at radius 2 is 2.13 bits per heavy atom. The Labute approximate surface area is 96.1 Å². The highest BCUT2D eigenvalue weighted by Crippen LogP contribution is 2.30. The zero-order valence-electron chi connectivity index (χ0n) is 8.11. The van der Waals surface area contributed by atoms with Gasteiger partial charge in [0.2, 0.25) is 0 Å². The first-order chi connectivity index (χ1) is 7.20. The molecule has 0 atom stereocenters. The zero-order valence-corrected chi connectivity index (χ0v) is 9.70. The third kappa shape index (κ3) is 1.97. The molecule has 1 fully saturated rings. The minimum atomic E-state index is -0.997. The van der Waals surface area contributed by atoms with Crippen LogP contribution in [-0.4, -0.2) is 29.1 Å². The van der Waals surface area contributed by atoms with Crippen LogP contribution in [0.25, 0.3) is 0 Å². The fourth-order valence-corrected chi connectivity index (χ4v) is 2.44. The number of aromatic carboxylic acids is 1. The number of carbonyl (C=O) groups is 1. The van der Waals surface area contributed by atoms with Gasteiger partial charge in [-0.25, -0.2) is 9.78 Å². The molecule has 1 aromatic heterocycles. The fourth-order valence-electron chi connectivity index (χ4n) is 1.78. The summed E-state index contributed by atoms with van der Waals surface area (Å²) >= 11 is 3.31. The molecule has 0 saturated carbocycles. The molecule has 5 heteroatoms. The summed E-state index contributed by atoms with van der Waals surface area (Å²) in [6.45, 7) is 1.98. The number of rotatable bonds is 2. The average molecular weight is 271 g/mol. The number of pyridine rings is 1. The Balaban J connectivity index is 2.39. The zero-order chi connectivity index (χ0) is 10.8. The predicted octanol–water partition coefficient (Wildman–Crippen LogP) is 2.14. The van der Waals surface area contributed by atoms with E-state index in [1.54, 1.807) is 6.20 Å². The summed E-state index contributed by atoms with van der Waals surface area (Å²) in [4.78, 5) is 16.9. The van der Waals surface area contributed by atoms with Crippen molar-refractivity contribution >= 4 is 27.6 Å². The molecule has 1 aliphatic heterocycles. The molecular weight excluding hydrogens is 260 g/mol. The van der Waals surface area contributed by atoms with E-state index < -0.39 is 5.97 Å². The molecule has 1 aromatic rings. The van der Waals surface area contributed by atoms with E-state index in [0.717, 1.165) is 31.6 Å². The lowest BCUT2D eigenvalue weighted by Crippen LogP contribution is -2.19. The molecule has 0 aromatic carbocycles. The maximum Gasteiger partial charge on any atom is 0.355 e. The Morgan fingerprint density at radius 3 is 2.73 bits per heavy atom. The summed E-state index contributed by atoms with van der Waals surface area (Å²) in [5.74, 6) is -0.997. The monoisotopic (exact) mass is 270 g/mol. The number of aromatic nitrogens is 1. The number of carboxylic acid groups (broad SMARTS) is 1. The number of hydrogen-bond acceptors (Lipinski definition) is 3. The first kappa shape index (κ1) is 10.4. The summed E-state index contributed by atoms with van der Waals surface area (Å²) in [6, 6.07) is 1.85. The smallest absolute Gasteiger partial charge is 0.355 e. The molecule has 0 bridgehead atoms. The normalized spacial score (nSPS) is 15.7. The molecule has 2 rings (SSSR count). The van der Waals surface area contributed by atoms with E-state index in [2.05, 4.69) is 25.8 Å². The van der Waals surface area contributed by atoms with E-state index in [0.29, 0.717) is 4.47 Å². The van der Waals surface area contributed by atoms with Crippen molar-refractivity contribution in [2.45, 2.75) is 12.8 Å². The second-order valence-electron chi connectivity index (χ2n) is 3.49. The maximum atomic E-state index is 10.9. The first-order valence-corrected chi connectivity index (χ1v) is 5.62. The lowest BCUT2D eigenvalue weighted by molar-refractivity contribution is 0.0689. The van der Waals surface area contributed by atoms with Crippen LogP contribution < -0.4 is 4.90 Å². The Bertz CT molecular complexity index is 389. The van der Waals surface area contributed by atoms with E-state index in [1.807, 2.05) is 6.07 Å². The van der Waals surface area contributed by atoms with Crippen molar-refractivity contribution in [2.75, 3.05) is 18.0 Å². The van der Waals surface area contributed by atoms with Crippen molar-refractivity contribution in [2.24, 2.45) is 0 Å². The second kappa shape index (κ2) is 4.18. The summed E-state index contributed by atoms with van der Waals surface area (Å²) in [6.07, 6.45) is 3.87. The number of hydrogen-bond donors (Lipinski definition) is 1. The quantitative estimate of drug-likeness (QED) is 0.895. The van der Waals surface area contributed by atoms with Gasteiger partial charge in [-0.1, -0.05) is 0 Å². The van der Waals surface area contributed by atoms with Gasteiger partial charge in [0.1, 0.15) is 0 Å². The highest BCUT2D eigenvalue weighted by atomic mass is 79.9. The standard InChI is InChI=1S/C10H11BrN2O2/c11-8-7(13-5-1-2-6-13)3-4-12-9(8)10(14)15/h3-4H,1-2,5-6H2,(H,14,15). The number of anilines is 1. The van der Waals surface area contributed by atoms with Gasteiger partial charge in [-0.15, -0.1) is 0 Å². The van der Waals surface area contributed by atoms with Crippen LogP contribution in [0.3, 0.4) is 0 Å². The van der Waals surface area contributed by atoms with Crippen LogP contribution >= 0.6 is 15.9 Å². The van der Waals surface area contributed by atoms with E-state index >= 15 is 0 Å². The second-order valence-corrected chi connectivity index (χ2v) is 4.28. The molecule has 0 aliphatic carbocycles. The molecule has 4 nitrogen and oxygen atoms in total. The lowest BCUT2D eigenvalue weighted by Gasteiger charge is -2.19. The molecular formula is C10H11BrN2O2. The Kier molecular flexibility index (Phi) is 2.90. The van der Waals surface area contributed by atoms with Crippen LogP contribution in [-0.2, 0) is 0 Å². The van der Waals surface area contributed by atoms with E-state index in [-0.39, 0.29) is 5.69 Å².